The first-order valence-corrected chi connectivity index (χ1v) is 3.88. The van der Waals surface area contributed by atoms with Gasteiger partial charge in [0.15, 0.2) is 0 Å². The van der Waals surface area contributed by atoms with Gasteiger partial charge in [0.05, 0.1) is 0 Å². The Morgan fingerprint density at radius 1 is 1.36 bits per heavy atom. The molecule has 0 saturated heterocycles. The molecule has 0 aliphatic heterocycles. The number of rotatable bonds is 2. The van der Waals surface area contributed by atoms with Gasteiger partial charge in [-0.05, 0) is 6.92 Å². The lowest BCUT2D eigenvalue weighted by atomic mass is 10.2. The second-order valence-corrected chi connectivity index (χ2v) is 2.53. The van der Waals surface area contributed by atoms with E-state index in [1.807, 2.05) is 30.3 Å². The number of hydrogen-bond donors (Lipinski definition) is 1. The maximum absolute atomic E-state index is 5.07. The highest BCUT2D eigenvalue weighted by Crippen LogP contribution is 1.98. The van der Waals surface area contributed by atoms with Crippen molar-refractivity contribution in [1.82, 2.24) is 5.32 Å². The van der Waals surface area contributed by atoms with E-state index in [-0.39, 0.29) is 0 Å². The van der Waals surface area contributed by atoms with Crippen LogP contribution in [0.5, 0.6) is 0 Å². The smallest absolute Gasteiger partial charge is 0.106 e. The maximum Gasteiger partial charge on any atom is 0.106 e. The van der Waals surface area contributed by atoms with Gasteiger partial charge in [-0.2, -0.15) is 0 Å². The van der Waals surface area contributed by atoms with E-state index >= 15 is 0 Å². The standard InChI is InChI=1S/C9H10NS/c1-2-10-9(11)8-6-4-3-5-7-8/h3-7H,1-2H2,(H,10,11). The fraction of sp³-hybridized carbons (Fsp3) is 0.111. The first-order chi connectivity index (χ1) is 5.34. The molecule has 0 bridgehead atoms. The number of nitrogens with one attached hydrogen (secondary N) is 1. The van der Waals surface area contributed by atoms with Gasteiger partial charge >= 0.3 is 0 Å². The molecule has 1 aromatic carbocycles. The predicted molar refractivity (Wildman–Crippen MR) is 51.5 cm³/mol. The highest BCUT2D eigenvalue weighted by molar-refractivity contribution is 7.80. The van der Waals surface area contributed by atoms with Crippen molar-refractivity contribution in [1.29, 1.82) is 0 Å². The molecule has 2 heteroatoms. The number of benzene rings is 1. The van der Waals surface area contributed by atoms with Crippen LogP contribution in [0.3, 0.4) is 0 Å². The molecule has 0 saturated carbocycles. The normalized spacial score (nSPS) is 9.18. The zero-order valence-electron chi connectivity index (χ0n) is 6.21. The summed E-state index contributed by atoms with van der Waals surface area (Å²) in [5.74, 6) is 0. The summed E-state index contributed by atoms with van der Waals surface area (Å²) >= 11 is 5.07. The number of thiocarbonyl (C=S) groups is 1. The lowest BCUT2D eigenvalue weighted by molar-refractivity contribution is 1.06. The molecule has 0 atom stereocenters. The van der Waals surface area contributed by atoms with Crippen LogP contribution in [0.2, 0.25) is 0 Å². The quantitative estimate of drug-likeness (QED) is 0.669. The third-order valence-corrected chi connectivity index (χ3v) is 1.70. The Kier molecular flexibility index (Phi) is 3.05. The molecule has 1 nitrogen and oxygen atoms in total. The van der Waals surface area contributed by atoms with Gasteiger partial charge in [-0.3, -0.25) is 0 Å². The van der Waals surface area contributed by atoms with Gasteiger partial charge in [0.1, 0.15) is 4.99 Å². The number of hydrogen-bond acceptors (Lipinski definition) is 1. The highest BCUT2D eigenvalue weighted by atomic mass is 32.1. The van der Waals surface area contributed by atoms with E-state index in [0.717, 1.165) is 10.6 Å². The molecule has 0 fully saturated rings. The van der Waals surface area contributed by atoms with Gasteiger partial charge in [0.2, 0.25) is 0 Å². The van der Waals surface area contributed by atoms with E-state index < -0.39 is 0 Å². The average molecular weight is 164 g/mol. The van der Waals surface area contributed by atoms with Crippen LogP contribution in [0.4, 0.5) is 0 Å². The molecule has 11 heavy (non-hydrogen) atoms. The molecule has 1 aromatic rings. The summed E-state index contributed by atoms with van der Waals surface area (Å²) in [6.07, 6.45) is 0. The van der Waals surface area contributed by atoms with Crippen molar-refractivity contribution < 1.29 is 0 Å². The first-order valence-electron chi connectivity index (χ1n) is 3.47. The summed E-state index contributed by atoms with van der Waals surface area (Å²) in [5, 5.41) is 2.98. The molecular formula is C9H10NS. The third-order valence-electron chi connectivity index (χ3n) is 1.32. The predicted octanol–water partition coefficient (Wildman–Crippen LogP) is 1.79. The van der Waals surface area contributed by atoms with E-state index in [1.54, 1.807) is 0 Å². The summed E-state index contributed by atoms with van der Waals surface area (Å²) in [6.45, 7) is 4.29. The van der Waals surface area contributed by atoms with Crippen molar-refractivity contribution in [3.8, 4) is 0 Å². The fourth-order valence-corrected chi connectivity index (χ4v) is 1.04. The van der Waals surface area contributed by atoms with Gasteiger partial charge in [-0.25, -0.2) is 0 Å². The minimum absolute atomic E-state index is 0.633. The van der Waals surface area contributed by atoms with Gasteiger partial charge in [0, 0.05) is 12.1 Å². The Hall–Kier alpha value is -0.890. The zero-order valence-corrected chi connectivity index (χ0v) is 7.03. The molecule has 1 N–H and O–H groups in total. The lowest BCUT2D eigenvalue weighted by Crippen LogP contribution is -2.21. The highest BCUT2D eigenvalue weighted by Gasteiger charge is 1.95. The summed E-state index contributed by atoms with van der Waals surface area (Å²) in [5.41, 5.74) is 1.05. The van der Waals surface area contributed by atoms with E-state index in [1.165, 1.54) is 0 Å². The third kappa shape index (κ3) is 2.31. The van der Waals surface area contributed by atoms with Crippen LogP contribution in [0.1, 0.15) is 5.56 Å². The van der Waals surface area contributed by atoms with Crippen LogP contribution in [0.25, 0.3) is 0 Å². The molecule has 0 aliphatic carbocycles. The Balaban J connectivity index is 2.69. The summed E-state index contributed by atoms with van der Waals surface area (Å²) in [7, 11) is 0. The molecule has 0 heterocycles. The topological polar surface area (TPSA) is 12.0 Å². The molecule has 0 aliphatic rings. The lowest BCUT2D eigenvalue weighted by Gasteiger charge is -2.03. The molecule has 0 aromatic heterocycles. The van der Waals surface area contributed by atoms with Crippen LogP contribution < -0.4 is 5.32 Å². The molecule has 0 amide bonds. The van der Waals surface area contributed by atoms with Gasteiger partial charge in [0.25, 0.3) is 0 Å². The summed E-state index contributed by atoms with van der Waals surface area (Å²) in [6, 6.07) is 9.85. The van der Waals surface area contributed by atoms with Crippen molar-refractivity contribution in [2.75, 3.05) is 6.54 Å². The van der Waals surface area contributed by atoms with E-state index in [2.05, 4.69) is 12.2 Å². The van der Waals surface area contributed by atoms with Crippen LogP contribution in [-0.4, -0.2) is 11.5 Å². The van der Waals surface area contributed by atoms with E-state index in [4.69, 9.17) is 12.2 Å². The second kappa shape index (κ2) is 4.09. The molecule has 0 spiro atoms. The fourth-order valence-electron chi connectivity index (χ4n) is 0.805. The second-order valence-electron chi connectivity index (χ2n) is 2.12. The summed E-state index contributed by atoms with van der Waals surface area (Å²) in [4.78, 5) is 0.764. The monoisotopic (exact) mass is 164 g/mol. The Bertz CT molecular complexity index is 231. The van der Waals surface area contributed by atoms with E-state index in [9.17, 15) is 0 Å². The first kappa shape index (κ1) is 8.21. The molecule has 1 rings (SSSR count). The SMILES string of the molecule is [CH2]CNC(=S)c1ccccc1. The van der Waals surface area contributed by atoms with Gasteiger partial charge in [-0.1, -0.05) is 42.5 Å². The largest absolute Gasteiger partial charge is 0.376 e. The van der Waals surface area contributed by atoms with Crippen molar-refractivity contribution in [3.63, 3.8) is 0 Å². The van der Waals surface area contributed by atoms with E-state index in [0.29, 0.717) is 6.54 Å². The zero-order chi connectivity index (χ0) is 8.10. The van der Waals surface area contributed by atoms with Crippen LogP contribution >= 0.6 is 12.2 Å². The molecular weight excluding hydrogens is 154 g/mol. The Morgan fingerprint density at radius 3 is 2.55 bits per heavy atom. The van der Waals surface area contributed by atoms with Crippen LogP contribution in [0, 0.1) is 6.92 Å². The van der Waals surface area contributed by atoms with Crippen molar-refractivity contribution in [2.45, 2.75) is 0 Å². The Labute approximate surface area is 72.4 Å². The van der Waals surface area contributed by atoms with Crippen molar-refractivity contribution in [2.24, 2.45) is 0 Å². The van der Waals surface area contributed by atoms with Gasteiger partial charge in [-0.15, -0.1) is 0 Å². The molecule has 57 valence electrons. The van der Waals surface area contributed by atoms with Gasteiger partial charge < -0.3 is 5.32 Å². The summed E-state index contributed by atoms with van der Waals surface area (Å²) < 4.78 is 0. The minimum atomic E-state index is 0.633. The van der Waals surface area contributed by atoms with Crippen LogP contribution in [-0.2, 0) is 0 Å². The van der Waals surface area contributed by atoms with Crippen LogP contribution in [0.15, 0.2) is 30.3 Å². The molecule has 0 unspecified atom stereocenters. The minimum Gasteiger partial charge on any atom is -0.376 e. The van der Waals surface area contributed by atoms with Crippen molar-refractivity contribution in [3.05, 3.63) is 42.8 Å². The molecule has 1 radical (unpaired) electrons. The average Bonchev–Trinajstić information content (AvgIpc) is 2.07. The Morgan fingerprint density at radius 2 is 2.00 bits per heavy atom. The maximum atomic E-state index is 5.07. The van der Waals surface area contributed by atoms with Crippen molar-refractivity contribution >= 4 is 17.2 Å².